The number of hydrogen-bond acceptors (Lipinski definition) is 4. The summed E-state index contributed by atoms with van der Waals surface area (Å²) in [6.07, 6.45) is 1.79. The quantitative estimate of drug-likeness (QED) is 0.846. The lowest BCUT2D eigenvalue weighted by Gasteiger charge is -2.42. The molecular weight excluding hydrogens is 339 g/mol. The van der Waals surface area contributed by atoms with E-state index in [1.807, 2.05) is 14.1 Å². The molecule has 1 aliphatic rings. The maximum Gasteiger partial charge on any atom is 0.258 e. The summed E-state index contributed by atoms with van der Waals surface area (Å²) >= 11 is 11.8. The van der Waals surface area contributed by atoms with Crippen LogP contribution in [0.5, 0.6) is 5.75 Å². The fourth-order valence-corrected chi connectivity index (χ4v) is 3.05. The van der Waals surface area contributed by atoms with Gasteiger partial charge in [0.15, 0.2) is 6.61 Å². The largest absolute Gasteiger partial charge is 0.482 e. The SMILES string of the molecule is CN(C)C1(CNC(=O)COc2ccc(Cl)cc2Cl)CCOCC1. The van der Waals surface area contributed by atoms with Crippen LogP contribution in [0.25, 0.3) is 0 Å². The number of rotatable bonds is 6. The first kappa shape index (κ1) is 18.3. The van der Waals surface area contributed by atoms with Gasteiger partial charge < -0.3 is 19.7 Å². The highest BCUT2D eigenvalue weighted by Crippen LogP contribution is 2.27. The van der Waals surface area contributed by atoms with Gasteiger partial charge in [0, 0.05) is 30.3 Å². The zero-order chi connectivity index (χ0) is 16.9. The van der Waals surface area contributed by atoms with Gasteiger partial charge in [0.25, 0.3) is 5.91 Å². The van der Waals surface area contributed by atoms with Gasteiger partial charge in [-0.1, -0.05) is 23.2 Å². The second-order valence-corrected chi connectivity index (χ2v) is 6.71. The van der Waals surface area contributed by atoms with Crippen LogP contribution in [0.1, 0.15) is 12.8 Å². The highest BCUT2D eigenvalue weighted by Gasteiger charge is 2.35. The van der Waals surface area contributed by atoms with Gasteiger partial charge in [0.05, 0.1) is 5.02 Å². The molecule has 1 heterocycles. The molecule has 0 aromatic heterocycles. The summed E-state index contributed by atoms with van der Waals surface area (Å²) in [5.74, 6) is 0.267. The van der Waals surface area contributed by atoms with Crippen molar-refractivity contribution in [1.29, 1.82) is 0 Å². The lowest BCUT2D eigenvalue weighted by molar-refractivity contribution is -0.124. The molecule has 1 aliphatic heterocycles. The van der Waals surface area contributed by atoms with Crippen molar-refractivity contribution in [2.75, 3.05) is 40.5 Å². The number of halogens is 2. The summed E-state index contributed by atoms with van der Waals surface area (Å²) in [6, 6.07) is 4.90. The predicted octanol–water partition coefficient (Wildman–Crippen LogP) is 2.60. The minimum Gasteiger partial charge on any atom is -0.482 e. The van der Waals surface area contributed by atoms with Crippen molar-refractivity contribution in [3.63, 3.8) is 0 Å². The zero-order valence-electron chi connectivity index (χ0n) is 13.4. The molecule has 1 saturated heterocycles. The summed E-state index contributed by atoms with van der Waals surface area (Å²) in [6.45, 7) is 1.91. The predicted molar refractivity (Wildman–Crippen MR) is 91.4 cm³/mol. The highest BCUT2D eigenvalue weighted by atomic mass is 35.5. The average molecular weight is 361 g/mol. The van der Waals surface area contributed by atoms with E-state index in [0.717, 1.165) is 12.8 Å². The van der Waals surface area contributed by atoms with Gasteiger partial charge in [-0.25, -0.2) is 0 Å². The Morgan fingerprint density at radius 3 is 2.65 bits per heavy atom. The molecule has 1 aromatic rings. The Labute approximate surface area is 146 Å². The van der Waals surface area contributed by atoms with E-state index in [-0.39, 0.29) is 18.1 Å². The second-order valence-electron chi connectivity index (χ2n) is 5.87. The van der Waals surface area contributed by atoms with Crippen LogP contribution in [0, 0.1) is 0 Å². The maximum atomic E-state index is 12.0. The van der Waals surface area contributed by atoms with Gasteiger partial charge in [0.2, 0.25) is 0 Å². The minimum atomic E-state index is -0.177. The smallest absolute Gasteiger partial charge is 0.258 e. The number of ether oxygens (including phenoxy) is 2. The number of hydrogen-bond donors (Lipinski definition) is 1. The van der Waals surface area contributed by atoms with Gasteiger partial charge in [0.1, 0.15) is 5.75 Å². The Hall–Kier alpha value is -1.01. The Morgan fingerprint density at radius 1 is 1.35 bits per heavy atom. The third kappa shape index (κ3) is 4.98. The molecule has 0 spiro atoms. The van der Waals surface area contributed by atoms with E-state index in [9.17, 15) is 4.79 Å². The number of nitrogens with zero attached hydrogens (tertiary/aromatic N) is 1. The number of amides is 1. The average Bonchev–Trinajstić information content (AvgIpc) is 2.53. The van der Waals surface area contributed by atoms with Crippen molar-refractivity contribution < 1.29 is 14.3 Å². The summed E-state index contributed by atoms with van der Waals surface area (Å²) in [5.41, 5.74) is -0.0637. The van der Waals surface area contributed by atoms with E-state index in [0.29, 0.717) is 35.6 Å². The van der Waals surface area contributed by atoms with E-state index >= 15 is 0 Å². The van der Waals surface area contributed by atoms with Crippen LogP contribution < -0.4 is 10.1 Å². The zero-order valence-corrected chi connectivity index (χ0v) is 14.9. The Kier molecular flexibility index (Phi) is 6.53. The molecule has 1 amide bonds. The van der Waals surface area contributed by atoms with E-state index in [1.54, 1.807) is 18.2 Å². The van der Waals surface area contributed by atoms with Crippen LogP contribution in [0.15, 0.2) is 18.2 Å². The van der Waals surface area contributed by atoms with Gasteiger partial charge in [-0.2, -0.15) is 0 Å². The number of nitrogens with one attached hydrogen (secondary N) is 1. The van der Waals surface area contributed by atoms with E-state index in [4.69, 9.17) is 32.7 Å². The normalized spacial score (nSPS) is 17.1. The van der Waals surface area contributed by atoms with Crippen LogP contribution in [0.4, 0.5) is 0 Å². The summed E-state index contributed by atoms with van der Waals surface area (Å²) in [7, 11) is 4.06. The number of carbonyl (C=O) groups is 1. The molecule has 128 valence electrons. The molecule has 0 bridgehead atoms. The molecule has 2 rings (SSSR count). The van der Waals surface area contributed by atoms with Crippen molar-refractivity contribution in [2.24, 2.45) is 0 Å². The van der Waals surface area contributed by atoms with Crippen molar-refractivity contribution in [2.45, 2.75) is 18.4 Å². The summed E-state index contributed by atoms with van der Waals surface area (Å²) in [5, 5.41) is 3.86. The molecule has 0 unspecified atom stereocenters. The standard InChI is InChI=1S/C16H22Cl2N2O3/c1-20(2)16(5-7-22-8-6-16)11-19-15(21)10-23-14-4-3-12(17)9-13(14)18/h3-4,9H,5-8,10-11H2,1-2H3,(H,19,21). The number of carbonyl (C=O) groups excluding carboxylic acids is 1. The van der Waals surface area contributed by atoms with E-state index in [1.165, 1.54) is 0 Å². The first-order valence-electron chi connectivity index (χ1n) is 7.53. The molecule has 1 fully saturated rings. The summed E-state index contributed by atoms with van der Waals surface area (Å²) < 4.78 is 10.9. The molecule has 0 radical (unpaired) electrons. The summed E-state index contributed by atoms with van der Waals surface area (Å²) in [4.78, 5) is 14.2. The Balaban J connectivity index is 1.84. The molecule has 5 nitrogen and oxygen atoms in total. The van der Waals surface area contributed by atoms with Crippen LogP contribution in [-0.4, -0.2) is 56.8 Å². The number of likely N-dealkylation sites (N-methyl/N-ethyl adjacent to an activating group) is 1. The molecular formula is C16H22Cl2N2O3. The third-order valence-corrected chi connectivity index (χ3v) is 4.77. The molecule has 0 aliphatic carbocycles. The van der Waals surface area contributed by atoms with Crippen LogP contribution in [-0.2, 0) is 9.53 Å². The maximum absolute atomic E-state index is 12.0. The molecule has 7 heteroatoms. The Morgan fingerprint density at radius 2 is 2.04 bits per heavy atom. The topological polar surface area (TPSA) is 50.8 Å². The first-order chi connectivity index (χ1) is 10.9. The fourth-order valence-electron chi connectivity index (χ4n) is 2.58. The van der Waals surface area contributed by atoms with Crippen molar-refractivity contribution in [1.82, 2.24) is 10.2 Å². The molecule has 1 aromatic carbocycles. The van der Waals surface area contributed by atoms with Crippen molar-refractivity contribution in [3.8, 4) is 5.75 Å². The van der Waals surface area contributed by atoms with Gasteiger partial charge >= 0.3 is 0 Å². The lowest BCUT2D eigenvalue weighted by Crippen LogP contribution is -2.56. The van der Waals surface area contributed by atoms with Gasteiger partial charge in [-0.05, 0) is 45.1 Å². The second kappa shape index (κ2) is 8.20. The lowest BCUT2D eigenvalue weighted by atomic mass is 9.88. The van der Waals surface area contributed by atoms with E-state index in [2.05, 4.69) is 10.2 Å². The van der Waals surface area contributed by atoms with Gasteiger partial charge in [-0.3, -0.25) is 4.79 Å². The molecule has 23 heavy (non-hydrogen) atoms. The highest BCUT2D eigenvalue weighted by molar-refractivity contribution is 6.35. The van der Waals surface area contributed by atoms with E-state index < -0.39 is 0 Å². The molecule has 0 atom stereocenters. The van der Waals surface area contributed by atoms with Crippen LogP contribution in [0.3, 0.4) is 0 Å². The Bertz CT molecular complexity index is 546. The fraction of sp³-hybridized carbons (Fsp3) is 0.562. The molecule has 1 N–H and O–H groups in total. The third-order valence-electron chi connectivity index (χ3n) is 4.24. The number of benzene rings is 1. The van der Waals surface area contributed by atoms with Crippen molar-refractivity contribution >= 4 is 29.1 Å². The monoisotopic (exact) mass is 360 g/mol. The van der Waals surface area contributed by atoms with Gasteiger partial charge in [-0.15, -0.1) is 0 Å². The van der Waals surface area contributed by atoms with Crippen LogP contribution >= 0.6 is 23.2 Å². The van der Waals surface area contributed by atoms with Crippen molar-refractivity contribution in [3.05, 3.63) is 28.2 Å². The first-order valence-corrected chi connectivity index (χ1v) is 8.28. The van der Waals surface area contributed by atoms with Crippen LogP contribution in [0.2, 0.25) is 10.0 Å². The minimum absolute atomic E-state index is 0.0637. The molecule has 0 saturated carbocycles.